The van der Waals surface area contributed by atoms with Crippen molar-refractivity contribution >= 4 is 38.7 Å². The largest absolute Gasteiger partial charge is 0.351 e. The molecule has 0 fully saturated rings. The van der Waals surface area contributed by atoms with Gasteiger partial charge < -0.3 is 10.2 Å². The summed E-state index contributed by atoms with van der Waals surface area (Å²) in [4.78, 5) is 27.1. The summed E-state index contributed by atoms with van der Waals surface area (Å²) in [5, 5.41) is 4.58. The van der Waals surface area contributed by atoms with Gasteiger partial charge in [0.1, 0.15) is 0 Å². The SMILES string of the molecule is CS(=O)(=O)c1ccc2c(c1)CCCN2C(=O)CCNC(=O)c1cccs1. The Bertz CT molecular complexity index is 921. The van der Waals surface area contributed by atoms with E-state index in [-0.39, 0.29) is 29.7 Å². The third kappa shape index (κ3) is 4.13. The van der Waals surface area contributed by atoms with E-state index < -0.39 is 9.84 Å². The lowest BCUT2D eigenvalue weighted by Crippen LogP contribution is -2.37. The third-order valence-corrected chi connectivity index (χ3v) is 6.25. The quantitative estimate of drug-likeness (QED) is 0.846. The minimum absolute atomic E-state index is 0.0791. The van der Waals surface area contributed by atoms with Gasteiger partial charge in [0.2, 0.25) is 5.91 Å². The van der Waals surface area contributed by atoms with Gasteiger partial charge in [-0.15, -0.1) is 11.3 Å². The van der Waals surface area contributed by atoms with Crippen LogP contribution in [0.4, 0.5) is 5.69 Å². The topological polar surface area (TPSA) is 83.6 Å². The lowest BCUT2D eigenvalue weighted by molar-refractivity contribution is -0.118. The molecule has 1 aliphatic heterocycles. The molecular formula is C18H20N2O4S2. The number of fused-ring (bicyclic) bond motifs is 1. The Labute approximate surface area is 156 Å². The van der Waals surface area contributed by atoms with Crippen LogP contribution < -0.4 is 10.2 Å². The van der Waals surface area contributed by atoms with Gasteiger partial charge in [-0.1, -0.05) is 6.07 Å². The van der Waals surface area contributed by atoms with Crippen LogP contribution in [0.2, 0.25) is 0 Å². The van der Waals surface area contributed by atoms with Gasteiger partial charge in [0, 0.05) is 31.5 Å². The molecule has 1 aromatic carbocycles. The number of anilines is 1. The molecule has 3 rings (SSSR count). The molecule has 0 radical (unpaired) electrons. The maximum Gasteiger partial charge on any atom is 0.261 e. The van der Waals surface area contributed by atoms with Crippen LogP contribution in [-0.2, 0) is 21.1 Å². The summed E-state index contributed by atoms with van der Waals surface area (Å²) in [6, 6.07) is 8.44. The van der Waals surface area contributed by atoms with Gasteiger partial charge in [-0.2, -0.15) is 0 Å². The summed E-state index contributed by atoms with van der Waals surface area (Å²) < 4.78 is 23.4. The van der Waals surface area contributed by atoms with Crippen LogP contribution in [0, 0.1) is 0 Å². The molecule has 2 heterocycles. The number of sulfone groups is 1. The molecule has 1 aliphatic rings. The van der Waals surface area contributed by atoms with Gasteiger partial charge >= 0.3 is 0 Å². The van der Waals surface area contributed by atoms with Crippen molar-refractivity contribution in [1.82, 2.24) is 5.32 Å². The van der Waals surface area contributed by atoms with Crippen LogP contribution in [0.15, 0.2) is 40.6 Å². The van der Waals surface area contributed by atoms with Crippen molar-refractivity contribution in [1.29, 1.82) is 0 Å². The Kier molecular flexibility index (Phi) is 5.43. The summed E-state index contributed by atoms with van der Waals surface area (Å²) in [6.45, 7) is 0.867. The van der Waals surface area contributed by atoms with Crippen molar-refractivity contribution in [3.8, 4) is 0 Å². The molecule has 0 aliphatic carbocycles. The van der Waals surface area contributed by atoms with Crippen molar-refractivity contribution in [2.45, 2.75) is 24.2 Å². The number of hydrogen-bond donors (Lipinski definition) is 1. The van der Waals surface area contributed by atoms with E-state index in [0.29, 0.717) is 11.4 Å². The predicted molar refractivity (Wildman–Crippen MR) is 101 cm³/mol. The lowest BCUT2D eigenvalue weighted by atomic mass is 10.0. The smallest absolute Gasteiger partial charge is 0.261 e. The number of aryl methyl sites for hydroxylation is 1. The number of nitrogens with zero attached hydrogens (tertiary/aromatic N) is 1. The fraction of sp³-hybridized carbons (Fsp3) is 0.333. The number of carbonyl (C=O) groups excluding carboxylic acids is 2. The molecule has 1 N–H and O–H groups in total. The fourth-order valence-electron chi connectivity index (χ4n) is 2.98. The minimum Gasteiger partial charge on any atom is -0.351 e. The fourth-order valence-corrected chi connectivity index (χ4v) is 4.29. The molecule has 0 saturated carbocycles. The Balaban J connectivity index is 1.65. The van der Waals surface area contributed by atoms with Crippen LogP contribution >= 0.6 is 11.3 Å². The van der Waals surface area contributed by atoms with E-state index in [9.17, 15) is 18.0 Å². The summed E-state index contributed by atoms with van der Waals surface area (Å²) in [7, 11) is -3.27. The van der Waals surface area contributed by atoms with E-state index in [0.717, 1.165) is 24.1 Å². The highest BCUT2D eigenvalue weighted by atomic mass is 32.2. The summed E-state index contributed by atoms with van der Waals surface area (Å²) in [5.41, 5.74) is 1.63. The van der Waals surface area contributed by atoms with Gasteiger partial charge in [-0.25, -0.2) is 8.42 Å². The van der Waals surface area contributed by atoms with E-state index >= 15 is 0 Å². The molecule has 0 saturated heterocycles. The molecule has 138 valence electrons. The monoisotopic (exact) mass is 392 g/mol. The number of carbonyl (C=O) groups is 2. The first-order valence-electron chi connectivity index (χ1n) is 8.31. The lowest BCUT2D eigenvalue weighted by Gasteiger charge is -2.30. The van der Waals surface area contributed by atoms with E-state index in [2.05, 4.69) is 5.32 Å². The van der Waals surface area contributed by atoms with Crippen molar-refractivity contribution in [3.05, 3.63) is 46.2 Å². The first-order valence-corrected chi connectivity index (χ1v) is 11.1. The van der Waals surface area contributed by atoms with Gasteiger partial charge in [0.05, 0.1) is 9.77 Å². The highest BCUT2D eigenvalue weighted by Crippen LogP contribution is 2.29. The average molecular weight is 393 g/mol. The number of amides is 2. The zero-order valence-corrected chi connectivity index (χ0v) is 16.0. The minimum atomic E-state index is -3.27. The number of benzene rings is 1. The molecule has 8 heteroatoms. The molecule has 0 bridgehead atoms. The van der Waals surface area contributed by atoms with Gasteiger partial charge in [-0.05, 0) is 48.1 Å². The second-order valence-corrected chi connectivity index (χ2v) is 9.16. The molecule has 1 aromatic heterocycles. The second-order valence-electron chi connectivity index (χ2n) is 6.19. The highest BCUT2D eigenvalue weighted by molar-refractivity contribution is 7.90. The Morgan fingerprint density at radius 3 is 2.77 bits per heavy atom. The average Bonchev–Trinajstić information content (AvgIpc) is 3.14. The van der Waals surface area contributed by atoms with Crippen LogP contribution in [-0.4, -0.2) is 39.6 Å². The Hall–Kier alpha value is -2.19. The van der Waals surface area contributed by atoms with E-state index in [1.165, 1.54) is 17.6 Å². The Morgan fingerprint density at radius 1 is 1.27 bits per heavy atom. The molecule has 26 heavy (non-hydrogen) atoms. The van der Waals surface area contributed by atoms with Gasteiger partial charge in [0.25, 0.3) is 5.91 Å². The number of thiophene rings is 1. The van der Waals surface area contributed by atoms with Crippen LogP contribution in [0.1, 0.15) is 28.1 Å². The van der Waals surface area contributed by atoms with Crippen molar-refractivity contribution in [2.75, 3.05) is 24.2 Å². The Morgan fingerprint density at radius 2 is 2.08 bits per heavy atom. The second kappa shape index (κ2) is 7.59. The third-order valence-electron chi connectivity index (χ3n) is 4.27. The zero-order valence-electron chi connectivity index (χ0n) is 14.4. The molecule has 0 unspecified atom stereocenters. The maximum atomic E-state index is 12.6. The van der Waals surface area contributed by atoms with Crippen molar-refractivity contribution < 1.29 is 18.0 Å². The maximum absolute atomic E-state index is 12.6. The first-order chi connectivity index (χ1) is 12.4. The molecule has 6 nitrogen and oxygen atoms in total. The molecular weight excluding hydrogens is 372 g/mol. The van der Waals surface area contributed by atoms with Crippen molar-refractivity contribution in [2.24, 2.45) is 0 Å². The van der Waals surface area contributed by atoms with Gasteiger partial charge in [0.15, 0.2) is 9.84 Å². The summed E-state index contributed by atoms with van der Waals surface area (Å²) >= 11 is 1.36. The molecule has 2 aromatic rings. The van der Waals surface area contributed by atoms with E-state index in [1.54, 1.807) is 35.2 Å². The standard InChI is InChI=1S/C18H20N2O4S2/c1-26(23,24)14-6-7-15-13(12-14)4-2-10-20(15)17(21)8-9-19-18(22)16-5-3-11-25-16/h3,5-7,11-12H,2,4,8-10H2,1H3,(H,19,22). The van der Waals surface area contributed by atoms with Gasteiger partial charge in [-0.3, -0.25) is 9.59 Å². The number of nitrogens with one attached hydrogen (secondary N) is 1. The first kappa shape index (κ1) is 18.6. The molecule has 0 atom stereocenters. The van der Waals surface area contributed by atoms with Crippen LogP contribution in [0.25, 0.3) is 0 Å². The van der Waals surface area contributed by atoms with Crippen molar-refractivity contribution in [3.63, 3.8) is 0 Å². The van der Waals surface area contributed by atoms with E-state index in [4.69, 9.17) is 0 Å². The summed E-state index contributed by atoms with van der Waals surface area (Å²) in [5.74, 6) is -0.255. The van der Waals surface area contributed by atoms with Crippen LogP contribution in [0.5, 0.6) is 0 Å². The van der Waals surface area contributed by atoms with E-state index in [1.807, 2.05) is 5.38 Å². The number of rotatable bonds is 5. The van der Waals surface area contributed by atoms with Crippen LogP contribution in [0.3, 0.4) is 0 Å². The molecule has 0 spiro atoms. The number of hydrogen-bond acceptors (Lipinski definition) is 5. The molecule has 2 amide bonds. The summed E-state index contributed by atoms with van der Waals surface area (Å²) in [6.07, 6.45) is 2.91. The normalized spacial score (nSPS) is 14.0. The highest BCUT2D eigenvalue weighted by Gasteiger charge is 2.23. The predicted octanol–water partition coefficient (Wildman–Crippen LogP) is 2.25. The zero-order chi connectivity index (χ0) is 18.7.